The van der Waals surface area contributed by atoms with Crippen LogP contribution in [0.15, 0.2) is 60.9 Å². The van der Waals surface area contributed by atoms with Crippen molar-refractivity contribution in [3.8, 4) is 5.88 Å². The largest absolute Gasteiger partial charge is 0.472 e. The van der Waals surface area contributed by atoms with Crippen LogP contribution in [0.5, 0.6) is 5.88 Å². The van der Waals surface area contributed by atoms with Gasteiger partial charge in [0.05, 0.1) is 11.6 Å². The van der Waals surface area contributed by atoms with Crippen molar-refractivity contribution >= 4 is 10.9 Å². The van der Waals surface area contributed by atoms with Crippen molar-refractivity contribution in [2.45, 2.75) is 31.4 Å². The Morgan fingerprint density at radius 3 is 2.73 bits per heavy atom. The highest BCUT2D eigenvalue weighted by Crippen LogP contribution is 2.36. The van der Waals surface area contributed by atoms with E-state index in [2.05, 4.69) is 28.1 Å². The number of piperidine rings is 3. The lowest BCUT2D eigenvalue weighted by Gasteiger charge is -2.50. The molecule has 3 aliphatic heterocycles. The van der Waals surface area contributed by atoms with E-state index in [9.17, 15) is 0 Å². The third-order valence-corrected chi connectivity index (χ3v) is 5.88. The Bertz CT molecular complexity index is 890. The van der Waals surface area contributed by atoms with E-state index in [0.717, 1.165) is 23.2 Å². The van der Waals surface area contributed by atoms with E-state index in [0.29, 0.717) is 12.0 Å². The van der Waals surface area contributed by atoms with Crippen molar-refractivity contribution in [1.82, 2.24) is 14.9 Å². The van der Waals surface area contributed by atoms with Crippen LogP contribution in [-0.2, 0) is 6.42 Å². The molecule has 4 heteroatoms. The number of ether oxygens (including phenoxy) is 1. The topological polar surface area (TPSA) is 38.3 Å². The highest BCUT2D eigenvalue weighted by atomic mass is 16.5. The minimum atomic E-state index is 0.200. The van der Waals surface area contributed by atoms with E-state index in [1.165, 1.54) is 31.5 Å². The number of nitrogens with zero attached hydrogens (tertiary/aromatic N) is 3. The molecule has 0 saturated carbocycles. The Labute approximate surface area is 153 Å². The SMILES string of the molecule is c1cncc(CC2C(Oc3ccc4ccccc4n3)C3CCN2CC3)c1. The summed E-state index contributed by atoms with van der Waals surface area (Å²) in [7, 11) is 0. The van der Waals surface area contributed by atoms with Crippen molar-refractivity contribution in [3.63, 3.8) is 0 Å². The van der Waals surface area contributed by atoms with Gasteiger partial charge in [-0.1, -0.05) is 24.3 Å². The number of benzene rings is 1. The lowest BCUT2D eigenvalue weighted by atomic mass is 9.78. The minimum Gasteiger partial charge on any atom is -0.472 e. The van der Waals surface area contributed by atoms with Gasteiger partial charge in [0.2, 0.25) is 5.88 Å². The molecule has 0 radical (unpaired) electrons. The Morgan fingerprint density at radius 2 is 1.88 bits per heavy atom. The van der Waals surface area contributed by atoms with Gasteiger partial charge < -0.3 is 4.74 Å². The van der Waals surface area contributed by atoms with Crippen LogP contribution in [0.25, 0.3) is 10.9 Å². The number of hydrogen-bond donors (Lipinski definition) is 0. The quantitative estimate of drug-likeness (QED) is 0.722. The molecule has 0 spiro atoms. The van der Waals surface area contributed by atoms with Crippen LogP contribution in [0.2, 0.25) is 0 Å². The zero-order chi connectivity index (χ0) is 17.3. The van der Waals surface area contributed by atoms with Gasteiger partial charge in [-0.3, -0.25) is 9.88 Å². The molecule has 4 nitrogen and oxygen atoms in total. The molecule has 3 saturated heterocycles. The standard InChI is InChI=1S/C22H23N3O/c1-2-6-19-17(5-1)7-8-21(24-19)26-22-18-9-12-25(13-10-18)20(22)14-16-4-3-11-23-15-16/h1-8,11,15,18,20,22H,9-10,12-14H2. The van der Waals surface area contributed by atoms with E-state index in [4.69, 9.17) is 9.72 Å². The van der Waals surface area contributed by atoms with E-state index < -0.39 is 0 Å². The fourth-order valence-electron chi connectivity index (χ4n) is 4.53. The number of fused-ring (bicyclic) bond motifs is 4. The van der Waals surface area contributed by atoms with Crippen LogP contribution in [0.1, 0.15) is 18.4 Å². The van der Waals surface area contributed by atoms with E-state index in [-0.39, 0.29) is 6.10 Å². The predicted octanol–water partition coefficient (Wildman–Crippen LogP) is 3.71. The van der Waals surface area contributed by atoms with E-state index >= 15 is 0 Å². The zero-order valence-corrected chi connectivity index (χ0v) is 14.8. The predicted molar refractivity (Wildman–Crippen MR) is 102 cm³/mol. The second-order valence-corrected chi connectivity index (χ2v) is 7.43. The Hall–Kier alpha value is -2.46. The Morgan fingerprint density at radius 1 is 1.00 bits per heavy atom. The molecule has 0 N–H and O–H groups in total. The Balaban J connectivity index is 1.42. The maximum Gasteiger partial charge on any atom is 0.214 e. The third-order valence-electron chi connectivity index (χ3n) is 5.88. The van der Waals surface area contributed by atoms with Crippen molar-refractivity contribution in [2.24, 2.45) is 5.92 Å². The molecule has 0 amide bonds. The molecule has 6 rings (SSSR count). The number of pyridine rings is 2. The summed E-state index contributed by atoms with van der Waals surface area (Å²) in [4.78, 5) is 11.6. The van der Waals surface area contributed by atoms with Crippen LogP contribution < -0.4 is 4.74 Å². The summed E-state index contributed by atoms with van der Waals surface area (Å²) in [5.41, 5.74) is 2.28. The normalized spacial score (nSPS) is 27.5. The molecule has 3 fully saturated rings. The van der Waals surface area contributed by atoms with Crippen LogP contribution in [0.4, 0.5) is 0 Å². The summed E-state index contributed by atoms with van der Waals surface area (Å²) in [6.07, 6.45) is 7.45. The minimum absolute atomic E-state index is 0.200. The fraction of sp³-hybridized carbons (Fsp3) is 0.364. The van der Waals surface area contributed by atoms with Gasteiger partial charge in [-0.2, -0.15) is 0 Å². The van der Waals surface area contributed by atoms with Crippen LogP contribution in [0.3, 0.4) is 0 Å². The molecule has 2 unspecified atom stereocenters. The molecule has 2 bridgehead atoms. The first kappa shape index (κ1) is 15.8. The fourth-order valence-corrected chi connectivity index (χ4v) is 4.53. The summed E-state index contributed by atoms with van der Waals surface area (Å²) in [6, 6.07) is 16.9. The average Bonchev–Trinajstić information content (AvgIpc) is 2.71. The molecular weight excluding hydrogens is 322 g/mol. The second-order valence-electron chi connectivity index (χ2n) is 7.43. The molecule has 3 aliphatic rings. The number of hydrogen-bond acceptors (Lipinski definition) is 4. The molecular formula is C22H23N3O. The highest BCUT2D eigenvalue weighted by molar-refractivity contribution is 5.78. The van der Waals surface area contributed by atoms with Gasteiger partial charge in [0, 0.05) is 23.8 Å². The average molecular weight is 345 g/mol. The second kappa shape index (κ2) is 6.69. The van der Waals surface area contributed by atoms with Crippen molar-refractivity contribution in [2.75, 3.05) is 13.1 Å². The summed E-state index contributed by atoms with van der Waals surface area (Å²) < 4.78 is 6.51. The first-order valence-electron chi connectivity index (χ1n) is 9.52. The molecule has 132 valence electrons. The van der Waals surface area contributed by atoms with Gasteiger partial charge in [-0.15, -0.1) is 0 Å². The number of aromatic nitrogens is 2. The van der Waals surface area contributed by atoms with Gasteiger partial charge in [0.1, 0.15) is 6.10 Å². The first-order chi connectivity index (χ1) is 12.9. The summed E-state index contributed by atoms with van der Waals surface area (Å²) in [5, 5.41) is 1.15. The third kappa shape index (κ3) is 2.95. The molecule has 5 heterocycles. The van der Waals surface area contributed by atoms with Crippen molar-refractivity contribution in [1.29, 1.82) is 0 Å². The molecule has 3 aromatic rings. The van der Waals surface area contributed by atoms with E-state index in [1.54, 1.807) is 0 Å². The lowest BCUT2D eigenvalue weighted by molar-refractivity contribution is -0.0594. The zero-order valence-electron chi connectivity index (χ0n) is 14.8. The lowest BCUT2D eigenvalue weighted by Crippen LogP contribution is -2.60. The molecule has 26 heavy (non-hydrogen) atoms. The maximum absolute atomic E-state index is 6.51. The van der Waals surface area contributed by atoms with Crippen molar-refractivity contribution < 1.29 is 4.74 Å². The van der Waals surface area contributed by atoms with E-state index in [1.807, 2.05) is 42.7 Å². The summed E-state index contributed by atoms with van der Waals surface area (Å²) in [5.74, 6) is 1.37. The van der Waals surface area contributed by atoms with Gasteiger partial charge in [-0.05, 0) is 62.0 Å². The monoisotopic (exact) mass is 345 g/mol. The summed E-state index contributed by atoms with van der Waals surface area (Å²) in [6.45, 7) is 2.36. The van der Waals surface area contributed by atoms with Crippen LogP contribution >= 0.6 is 0 Å². The molecule has 0 aliphatic carbocycles. The number of rotatable bonds is 4. The summed E-state index contributed by atoms with van der Waals surface area (Å²) >= 11 is 0. The molecule has 2 aromatic heterocycles. The van der Waals surface area contributed by atoms with Gasteiger partial charge in [0.15, 0.2) is 0 Å². The molecule has 1 aromatic carbocycles. The number of para-hydroxylation sites is 1. The first-order valence-corrected chi connectivity index (χ1v) is 9.52. The van der Waals surface area contributed by atoms with Gasteiger partial charge >= 0.3 is 0 Å². The van der Waals surface area contributed by atoms with Crippen LogP contribution in [-0.4, -0.2) is 40.1 Å². The van der Waals surface area contributed by atoms with Crippen molar-refractivity contribution in [3.05, 3.63) is 66.5 Å². The smallest absolute Gasteiger partial charge is 0.214 e. The Kier molecular flexibility index (Phi) is 4.06. The van der Waals surface area contributed by atoms with Gasteiger partial charge in [-0.25, -0.2) is 4.98 Å². The van der Waals surface area contributed by atoms with Crippen LogP contribution in [0, 0.1) is 5.92 Å². The maximum atomic E-state index is 6.51. The highest BCUT2D eigenvalue weighted by Gasteiger charge is 2.43. The van der Waals surface area contributed by atoms with Gasteiger partial charge in [0.25, 0.3) is 0 Å². The molecule has 2 atom stereocenters.